The van der Waals surface area contributed by atoms with Crippen molar-refractivity contribution in [3.05, 3.63) is 47.0 Å². The third-order valence-electron chi connectivity index (χ3n) is 3.29. The van der Waals surface area contributed by atoms with E-state index in [1.165, 1.54) is 33.5 Å². The summed E-state index contributed by atoms with van der Waals surface area (Å²) in [5.74, 6) is 1.36. The van der Waals surface area contributed by atoms with Crippen molar-refractivity contribution in [3.63, 3.8) is 0 Å². The van der Waals surface area contributed by atoms with Gasteiger partial charge in [-0.3, -0.25) is 0 Å². The van der Waals surface area contributed by atoms with E-state index < -0.39 is 10.0 Å². The topological polar surface area (TPSA) is 73.9 Å². The third kappa shape index (κ3) is 4.31. The predicted octanol–water partition coefficient (Wildman–Crippen LogP) is 2.84. The number of ether oxygens (including phenoxy) is 3. The summed E-state index contributed by atoms with van der Waals surface area (Å²) in [6, 6.07) is 9.56. The lowest BCUT2D eigenvalue weighted by Gasteiger charge is -2.12. The fourth-order valence-corrected chi connectivity index (χ4v) is 3.53. The van der Waals surface area contributed by atoms with Crippen molar-refractivity contribution in [3.8, 4) is 17.2 Å². The molecule has 8 heteroatoms. The van der Waals surface area contributed by atoms with E-state index in [0.717, 1.165) is 0 Å². The molecule has 0 amide bonds. The Hall–Kier alpha value is -1.96. The van der Waals surface area contributed by atoms with Crippen LogP contribution in [-0.2, 0) is 16.6 Å². The van der Waals surface area contributed by atoms with Crippen LogP contribution >= 0.6 is 11.6 Å². The molecule has 0 bridgehead atoms. The monoisotopic (exact) mass is 371 g/mol. The third-order valence-corrected chi connectivity index (χ3v) is 4.95. The van der Waals surface area contributed by atoms with E-state index in [2.05, 4.69) is 4.72 Å². The lowest BCUT2D eigenvalue weighted by atomic mass is 10.2. The molecule has 2 rings (SSSR count). The maximum Gasteiger partial charge on any atom is 0.244 e. The van der Waals surface area contributed by atoms with Gasteiger partial charge in [-0.1, -0.05) is 11.6 Å². The molecule has 0 saturated carbocycles. The molecule has 0 radical (unpaired) electrons. The highest BCUT2D eigenvalue weighted by Crippen LogP contribution is 2.27. The minimum atomic E-state index is -3.80. The van der Waals surface area contributed by atoms with Crippen molar-refractivity contribution < 1.29 is 22.6 Å². The van der Waals surface area contributed by atoms with Crippen LogP contribution in [0.1, 0.15) is 5.56 Å². The van der Waals surface area contributed by atoms with Gasteiger partial charge in [0.25, 0.3) is 0 Å². The Morgan fingerprint density at radius 2 is 1.58 bits per heavy atom. The van der Waals surface area contributed by atoms with Gasteiger partial charge >= 0.3 is 0 Å². The molecule has 0 unspecified atom stereocenters. The zero-order chi connectivity index (χ0) is 17.7. The van der Waals surface area contributed by atoms with Crippen LogP contribution in [0.3, 0.4) is 0 Å². The van der Waals surface area contributed by atoms with Crippen LogP contribution in [0.5, 0.6) is 17.2 Å². The molecule has 130 valence electrons. The van der Waals surface area contributed by atoms with Crippen LogP contribution in [0.2, 0.25) is 5.02 Å². The standard InChI is InChI=1S/C16H18ClNO5S/c1-21-13-6-11(7-14(9-13)22-2)10-18-24(19,20)16-8-12(17)4-5-15(16)23-3/h4-9,18H,10H2,1-3H3. The lowest BCUT2D eigenvalue weighted by molar-refractivity contribution is 0.393. The quantitative estimate of drug-likeness (QED) is 0.810. The average Bonchev–Trinajstić information content (AvgIpc) is 2.59. The van der Waals surface area contributed by atoms with Crippen molar-refractivity contribution in [2.45, 2.75) is 11.4 Å². The SMILES string of the molecule is COc1cc(CNS(=O)(=O)c2cc(Cl)ccc2OC)cc(OC)c1. The van der Waals surface area contributed by atoms with E-state index in [-0.39, 0.29) is 17.2 Å². The molecule has 1 N–H and O–H groups in total. The summed E-state index contributed by atoms with van der Waals surface area (Å²) >= 11 is 5.90. The molecule has 2 aromatic carbocycles. The predicted molar refractivity (Wildman–Crippen MR) is 91.6 cm³/mol. The van der Waals surface area contributed by atoms with E-state index in [4.69, 9.17) is 25.8 Å². The summed E-state index contributed by atoms with van der Waals surface area (Å²) in [6.45, 7) is 0.0611. The smallest absolute Gasteiger partial charge is 0.244 e. The summed E-state index contributed by atoms with van der Waals surface area (Å²) in [6.07, 6.45) is 0. The Labute approximate surface area is 146 Å². The van der Waals surface area contributed by atoms with Gasteiger partial charge < -0.3 is 14.2 Å². The van der Waals surface area contributed by atoms with E-state index in [1.807, 2.05) is 0 Å². The number of sulfonamides is 1. The number of hydrogen-bond donors (Lipinski definition) is 1. The van der Waals surface area contributed by atoms with Crippen molar-refractivity contribution in [2.75, 3.05) is 21.3 Å². The number of rotatable bonds is 7. The van der Waals surface area contributed by atoms with Gasteiger partial charge in [0.2, 0.25) is 10.0 Å². The molecule has 0 heterocycles. The first-order valence-corrected chi connectivity index (χ1v) is 8.81. The Morgan fingerprint density at radius 3 is 2.12 bits per heavy atom. The Kier molecular flexibility index (Phi) is 5.93. The van der Waals surface area contributed by atoms with Gasteiger partial charge in [-0.2, -0.15) is 0 Å². The molecule has 0 saturated heterocycles. The lowest BCUT2D eigenvalue weighted by Crippen LogP contribution is -2.23. The fraction of sp³-hybridized carbons (Fsp3) is 0.250. The molecular formula is C16H18ClNO5S. The van der Waals surface area contributed by atoms with Crippen molar-refractivity contribution >= 4 is 21.6 Å². The summed E-state index contributed by atoms with van der Waals surface area (Å²) in [7, 11) is 0.649. The van der Waals surface area contributed by atoms with Gasteiger partial charge in [0.15, 0.2) is 0 Å². The van der Waals surface area contributed by atoms with Crippen LogP contribution in [0.15, 0.2) is 41.3 Å². The second kappa shape index (κ2) is 7.74. The molecule has 0 aliphatic carbocycles. The van der Waals surface area contributed by atoms with Crippen molar-refractivity contribution in [2.24, 2.45) is 0 Å². The van der Waals surface area contributed by atoms with Gasteiger partial charge in [-0.05, 0) is 35.9 Å². The van der Waals surface area contributed by atoms with Gasteiger partial charge in [-0.25, -0.2) is 13.1 Å². The molecule has 0 spiro atoms. The molecule has 0 aliphatic heterocycles. The first-order valence-electron chi connectivity index (χ1n) is 6.94. The molecule has 6 nitrogen and oxygen atoms in total. The van der Waals surface area contributed by atoms with Crippen molar-refractivity contribution in [1.82, 2.24) is 4.72 Å². The highest BCUT2D eigenvalue weighted by molar-refractivity contribution is 7.89. The molecule has 2 aromatic rings. The summed E-state index contributed by atoms with van der Waals surface area (Å²) in [4.78, 5) is -0.0210. The van der Waals surface area contributed by atoms with Crippen molar-refractivity contribution in [1.29, 1.82) is 0 Å². The normalized spacial score (nSPS) is 11.2. The van der Waals surface area contributed by atoms with Crippen LogP contribution in [-0.4, -0.2) is 29.7 Å². The van der Waals surface area contributed by atoms with E-state index >= 15 is 0 Å². The maximum atomic E-state index is 12.5. The van der Waals surface area contributed by atoms with Gasteiger partial charge in [0.1, 0.15) is 22.1 Å². The molecular weight excluding hydrogens is 354 g/mol. The highest BCUT2D eigenvalue weighted by atomic mass is 35.5. The Bertz CT molecular complexity index is 801. The first kappa shape index (κ1) is 18.4. The Morgan fingerprint density at radius 1 is 0.958 bits per heavy atom. The fourth-order valence-electron chi connectivity index (χ4n) is 2.09. The number of benzene rings is 2. The van der Waals surface area contributed by atoms with E-state index in [1.54, 1.807) is 24.3 Å². The van der Waals surface area contributed by atoms with E-state index in [0.29, 0.717) is 22.1 Å². The van der Waals surface area contributed by atoms with Gasteiger partial charge in [0.05, 0.1) is 21.3 Å². The maximum absolute atomic E-state index is 12.5. The van der Waals surface area contributed by atoms with Crippen LogP contribution < -0.4 is 18.9 Å². The molecule has 0 atom stereocenters. The number of halogens is 1. The highest BCUT2D eigenvalue weighted by Gasteiger charge is 2.20. The van der Waals surface area contributed by atoms with Gasteiger partial charge in [0, 0.05) is 17.6 Å². The van der Waals surface area contributed by atoms with Crippen LogP contribution in [0.25, 0.3) is 0 Å². The average molecular weight is 372 g/mol. The number of methoxy groups -OCH3 is 3. The zero-order valence-electron chi connectivity index (χ0n) is 13.5. The number of hydrogen-bond acceptors (Lipinski definition) is 5. The molecule has 0 aliphatic rings. The minimum Gasteiger partial charge on any atom is -0.497 e. The van der Waals surface area contributed by atoms with Gasteiger partial charge in [-0.15, -0.1) is 0 Å². The molecule has 0 fully saturated rings. The Balaban J connectivity index is 2.26. The minimum absolute atomic E-state index is 0.0210. The number of nitrogens with one attached hydrogen (secondary N) is 1. The van der Waals surface area contributed by atoms with E-state index in [9.17, 15) is 8.42 Å². The molecule has 0 aromatic heterocycles. The summed E-state index contributed by atoms with van der Waals surface area (Å²) in [5.41, 5.74) is 0.691. The summed E-state index contributed by atoms with van der Waals surface area (Å²) in [5, 5.41) is 0.305. The zero-order valence-corrected chi connectivity index (χ0v) is 15.1. The second-order valence-corrected chi connectivity index (χ2v) is 7.01. The van der Waals surface area contributed by atoms with Crippen LogP contribution in [0.4, 0.5) is 0 Å². The van der Waals surface area contributed by atoms with Crippen LogP contribution in [0, 0.1) is 0 Å². The second-order valence-electron chi connectivity index (χ2n) is 4.84. The first-order chi connectivity index (χ1) is 11.4. The molecule has 24 heavy (non-hydrogen) atoms. The summed E-state index contributed by atoms with van der Waals surface area (Å²) < 4.78 is 43.0. The largest absolute Gasteiger partial charge is 0.497 e.